The summed E-state index contributed by atoms with van der Waals surface area (Å²) in [4.78, 5) is 17.9. The van der Waals surface area contributed by atoms with E-state index in [1.54, 1.807) is 11.3 Å². The molecule has 0 amide bonds. The Bertz CT molecular complexity index is 901. The molecule has 0 aliphatic heterocycles. The summed E-state index contributed by atoms with van der Waals surface area (Å²) in [5.41, 5.74) is 2.59. The van der Waals surface area contributed by atoms with E-state index in [1.165, 1.54) is 25.8 Å². The molecule has 0 aliphatic carbocycles. The molecule has 2 heterocycles. The van der Waals surface area contributed by atoms with Crippen LogP contribution in [0.3, 0.4) is 0 Å². The van der Waals surface area contributed by atoms with Gasteiger partial charge in [-0.1, -0.05) is 43.7 Å². The smallest absolute Gasteiger partial charge is 0.306 e. The number of rotatable bonds is 11. The zero-order chi connectivity index (χ0) is 20.6. The molecular formula is C24H29NO2S2. The standard InChI is InChI=1S/C24H29NO2S2/c1-3-7-19(24(26)27)13-14-25(16-20-9-5-4-8-18(20)2)17-21-11-12-23(29-21)22-10-6-15-28-22/h4-6,8-12,15,19H,3,7,13-14,16-17H2,1-2H3,(H,26,27). The highest BCUT2D eigenvalue weighted by Gasteiger charge is 2.19. The van der Waals surface area contributed by atoms with E-state index in [0.29, 0.717) is 6.42 Å². The number of hydrogen-bond donors (Lipinski definition) is 1. The quantitative estimate of drug-likeness (QED) is 0.371. The van der Waals surface area contributed by atoms with Crippen LogP contribution in [0.1, 0.15) is 42.2 Å². The molecule has 0 aliphatic rings. The normalized spacial score (nSPS) is 12.4. The summed E-state index contributed by atoms with van der Waals surface area (Å²) in [6, 6.07) is 17.1. The van der Waals surface area contributed by atoms with E-state index >= 15 is 0 Å². The van der Waals surface area contributed by atoms with Crippen LogP contribution in [-0.2, 0) is 17.9 Å². The average Bonchev–Trinajstić information content (AvgIpc) is 3.38. The predicted molar refractivity (Wildman–Crippen MR) is 124 cm³/mol. The first kappa shape index (κ1) is 21.8. The summed E-state index contributed by atoms with van der Waals surface area (Å²) >= 11 is 3.60. The van der Waals surface area contributed by atoms with Crippen LogP contribution in [0.4, 0.5) is 0 Å². The molecule has 3 aromatic rings. The van der Waals surface area contributed by atoms with Crippen molar-refractivity contribution in [3.8, 4) is 9.75 Å². The molecule has 0 fully saturated rings. The number of aryl methyl sites for hydroxylation is 1. The van der Waals surface area contributed by atoms with Crippen LogP contribution in [-0.4, -0.2) is 22.5 Å². The molecule has 1 unspecified atom stereocenters. The first-order valence-corrected chi connectivity index (χ1v) is 11.9. The van der Waals surface area contributed by atoms with Gasteiger partial charge in [0.15, 0.2) is 0 Å². The van der Waals surface area contributed by atoms with Gasteiger partial charge in [0.2, 0.25) is 0 Å². The van der Waals surface area contributed by atoms with Crippen molar-refractivity contribution in [3.05, 3.63) is 69.9 Å². The lowest BCUT2D eigenvalue weighted by Gasteiger charge is -2.24. The van der Waals surface area contributed by atoms with E-state index in [0.717, 1.165) is 32.5 Å². The monoisotopic (exact) mass is 427 g/mol. The molecule has 0 saturated carbocycles. The van der Waals surface area contributed by atoms with Gasteiger partial charge in [0.25, 0.3) is 0 Å². The number of hydrogen-bond acceptors (Lipinski definition) is 4. The highest BCUT2D eigenvalue weighted by atomic mass is 32.1. The topological polar surface area (TPSA) is 40.5 Å². The second-order valence-electron chi connectivity index (χ2n) is 7.49. The Balaban J connectivity index is 1.73. The van der Waals surface area contributed by atoms with Crippen LogP contribution < -0.4 is 0 Å². The lowest BCUT2D eigenvalue weighted by Crippen LogP contribution is -2.27. The van der Waals surface area contributed by atoms with E-state index < -0.39 is 5.97 Å². The third kappa shape index (κ3) is 6.26. The maximum absolute atomic E-state index is 11.6. The highest BCUT2D eigenvalue weighted by Crippen LogP contribution is 2.32. The molecule has 2 aromatic heterocycles. The largest absolute Gasteiger partial charge is 0.481 e. The molecular weight excluding hydrogens is 398 g/mol. The molecule has 0 bridgehead atoms. The zero-order valence-electron chi connectivity index (χ0n) is 17.1. The lowest BCUT2D eigenvalue weighted by molar-refractivity contribution is -0.142. The minimum atomic E-state index is -0.668. The number of aliphatic carboxylic acids is 1. The fourth-order valence-corrected chi connectivity index (χ4v) is 5.44. The van der Waals surface area contributed by atoms with Gasteiger partial charge in [-0.05, 0) is 61.0 Å². The van der Waals surface area contributed by atoms with Crippen molar-refractivity contribution in [1.82, 2.24) is 4.90 Å². The van der Waals surface area contributed by atoms with Gasteiger partial charge in [-0.25, -0.2) is 0 Å². The molecule has 1 aromatic carbocycles. The SMILES string of the molecule is CCCC(CCN(Cc1ccc(-c2cccs2)s1)Cc1ccccc1C)C(=O)O. The summed E-state index contributed by atoms with van der Waals surface area (Å²) in [6.07, 6.45) is 2.34. The number of carboxylic acid groups (broad SMARTS) is 1. The van der Waals surface area contributed by atoms with E-state index in [1.807, 2.05) is 11.3 Å². The summed E-state index contributed by atoms with van der Waals surface area (Å²) < 4.78 is 0. The third-order valence-electron chi connectivity index (χ3n) is 5.24. The minimum Gasteiger partial charge on any atom is -0.481 e. The van der Waals surface area contributed by atoms with Crippen molar-refractivity contribution in [2.45, 2.75) is 46.2 Å². The second-order valence-corrected chi connectivity index (χ2v) is 9.61. The molecule has 0 radical (unpaired) electrons. The summed E-state index contributed by atoms with van der Waals surface area (Å²) in [6.45, 7) is 6.68. The van der Waals surface area contributed by atoms with Crippen LogP contribution in [0.2, 0.25) is 0 Å². The molecule has 0 spiro atoms. The van der Waals surface area contributed by atoms with Gasteiger partial charge in [-0.15, -0.1) is 22.7 Å². The first-order valence-electron chi connectivity index (χ1n) is 10.2. The van der Waals surface area contributed by atoms with Gasteiger partial charge < -0.3 is 5.11 Å². The van der Waals surface area contributed by atoms with Crippen molar-refractivity contribution in [2.75, 3.05) is 6.54 Å². The molecule has 29 heavy (non-hydrogen) atoms. The molecule has 3 rings (SSSR count). The van der Waals surface area contributed by atoms with Crippen molar-refractivity contribution in [2.24, 2.45) is 5.92 Å². The Hall–Kier alpha value is -1.95. The lowest BCUT2D eigenvalue weighted by atomic mass is 9.99. The number of thiophene rings is 2. The average molecular weight is 428 g/mol. The highest BCUT2D eigenvalue weighted by molar-refractivity contribution is 7.21. The predicted octanol–water partition coefficient (Wildman–Crippen LogP) is 6.68. The second kappa shape index (κ2) is 10.7. The Labute approximate surface area is 181 Å². The van der Waals surface area contributed by atoms with Gasteiger partial charge in [0.1, 0.15) is 0 Å². The van der Waals surface area contributed by atoms with E-state index in [9.17, 15) is 9.90 Å². The van der Waals surface area contributed by atoms with Crippen LogP contribution in [0.15, 0.2) is 53.9 Å². The fraction of sp³-hybridized carbons (Fsp3) is 0.375. The Morgan fingerprint density at radius 2 is 1.86 bits per heavy atom. The molecule has 154 valence electrons. The van der Waals surface area contributed by atoms with Crippen LogP contribution >= 0.6 is 22.7 Å². The molecule has 1 N–H and O–H groups in total. The molecule has 3 nitrogen and oxygen atoms in total. The molecule has 5 heteroatoms. The summed E-state index contributed by atoms with van der Waals surface area (Å²) in [5, 5.41) is 11.6. The van der Waals surface area contributed by atoms with Crippen molar-refractivity contribution >= 4 is 28.6 Å². The fourth-order valence-electron chi connectivity index (χ4n) is 3.56. The number of benzene rings is 1. The summed E-state index contributed by atoms with van der Waals surface area (Å²) in [5.74, 6) is -0.928. The van der Waals surface area contributed by atoms with Gasteiger partial charge in [-0.2, -0.15) is 0 Å². The van der Waals surface area contributed by atoms with Crippen molar-refractivity contribution in [3.63, 3.8) is 0 Å². The maximum atomic E-state index is 11.6. The Morgan fingerprint density at radius 1 is 1.03 bits per heavy atom. The van der Waals surface area contributed by atoms with E-state index in [-0.39, 0.29) is 5.92 Å². The van der Waals surface area contributed by atoms with Gasteiger partial charge in [0, 0.05) is 27.7 Å². The van der Waals surface area contributed by atoms with Gasteiger partial charge in [0.05, 0.1) is 5.92 Å². The minimum absolute atomic E-state index is 0.260. The Morgan fingerprint density at radius 3 is 2.55 bits per heavy atom. The van der Waals surface area contributed by atoms with Crippen LogP contribution in [0.25, 0.3) is 9.75 Å². The van der Waals surface area contributed by atoms with E-state index in [4.69, 9.17) is 0 Å². The number of carboxylic acids is 1. The Kier molecular flexibility index (Phi) is 8.04. The summed E-state index contributed by atoms with van der Waals surface area (Å²) in [7, 11) is 0. The first-order chi connectivity index (χ1) is 14.1. The van der Waals surface area contributed by atoms with Gasteiger partial charge in [-0.3, -0.25) is 9.69 Å². The molecule has 0 saturated heterocycles. The zero-order valence-corrected chi connectivity index (χ0v) is 18.8. The van der Waals surface area contributed by atoms with Gasteiger partial charge >= 0.3 is 5.97 Å². The molecule has 1 atom stereocenters. The maximum Gasteiger partial charge on any atom is 0.306 e. The van der Waals surface area contributed by atoms with Crippen LogP contribution in [0.5, 0.6) is 0 Å². The van der Waals surface area contributed by atoms with Crippen molar-refractivity contribution in [1.29, 1.82) is 0 Å². The van der Waals surface area contributed by atoms with E-state index in [2.05, 4.69) is 72.7 Å². The number of nitrogens with zero attached hydrogens (tertiary/aromatic N) is 1. The third-order valence-corrected chi connectivity index (χ3v) is 7.38. The van der Waals surface area contributed by atoms with Crippen molar-refractivity contribution < 1.29 is 9.90 Å². The van der Waals surface area contributed by atoms with Crippen LogP contribution in [0, 0.1) is 12.8 Å². The number of carbonyl (C=O) groups is 1.